The van der Waals surface area contributed by atoms with Crippen LogP contribution in [0.3, 0.4) is 0 Å². The van der Waals surface area contributed by atoms with Crippen LogP contribution in [0.5, 0.6) is 11.5 Å². The summed E-state index contributed by atoms with van der Waals surface area (Å²) >= 11 is 6.13. The molecule has 2 aromatic rings. The normalized spacial score (nSPS) is 31.7. The maximum Gasteiger partial charge on any atom is 0.246 e. The molecule has 4 heterocycles. The van der Waals surface area contributed by atoms with Crippen molar-refractivity contribution in [1.29, 1.82) is 0 Å². The van der Waals surface area contributed by atoms with Crippen molar-refractivity contribution >= 4 is 35.0 Å². The lowest BCUT2D eigenvalue weighted by Crippen LogP contribution is -2.58. The third-order valence-electron chi connectivity index (χ3n) is 8.94. The molecular weight excluding hydrogens is 546 g/mol. The average molecular weight is 578 g/mol. The van der Waals surface area contributed by atoms with E-state index in [0.717, 1.165) is 32.1 Å². The lowest BCUT2D eigenvalue weighted by Gasteiger charge is -2.36. The molecule has 1 saturated carbocycles. The molecule has 7 rings (SSSR count). The highest BCUT2D eigenvalue weighted by Gasteiger charge is 2.73. The molecular formula is C31H32ClN3O6. The number of carbonyl (C=O) groups excluding carboxylic acids is 3. The van der Waals surface area contributed by atoms with Gasteiger partial charge in [-0.05, 0) is 43.2 Å². The van der Waals surface area contributed by atoms with E-state index in [1.54, 1.807) is 29.2 Å². The molecule has 0 radical (unpaired) electrons. The first kappa shape index (κ1) is 26.3. The molecule has 3 amide bonds. The van der Waals surface area contributed by atoms with Crippen LogP contribution in [0.1, 0.15) is 32.1 Å². The fourth-order valence-corrected chi connectivity index (χ4v) is 7.35. The van der Waals surface area contributed by atoms with E-state index in [1.165, 1.54) is 0 Å². The quantitative estimate of drug-likeness (QED) is 0.507. The molecule has 0 aromatic heterocycles. The number of carbonyl (C=O) groups is 3. The summed E-state index contributed by atoms with van der Waals surface area (Å²) < 4.78 is 18.5. The van der Waals surface area contributed by atoms with E-state index in [-0.39, 0.29) is 36.9 Å². The van der Waals surface area contributed by atoms with Crippen molar-refractivity contribution in [3.8, 4) is 11.5 Å². The number of fused-ring (bicyclic) bond motifs is 2. The second-order valence-corrected chi connectivity index (χ2v) is 12.0. The SMILES string of the molecule is O=C(Nc1cccc(Cl)c1)C1[C@H]2C=CC3(O2)C(C(=O)NC2CCCCC2)N(CC2COc4ccccc4O2)C(=O)[C@@H]13. The van der Waals surface area contributed by atoms with Crippen LogP contribution in [0.2, 0.25) is 5.02 Å². The second kappa shape index (κ2) is 10.4. The average Bonchev–Trinajstić information content (AvgIpc) is 3.61. The minimum absolute atomic E-state index is 0.0503. The Kier molecular flexibility index (Phi) is 6.66. The molecule has 2 saturated heterocycles. The van der Waals surface area contributed by atoms with E-state index >= 15 is 0 Å². The predicted molar refractivity (Wildman–Crippen MR) is 151 cm³/mol. The Morgan fingerprint density at radius 1 is 1.02 bits per heavy atom. The van der Waals surface area contributed by atoms with Gasteiger partial charge < -0.3 is 29.7 Å². The van der Waals surface area contributed by atoms with Gasteiger partial charge in [0.25, 0.3) is 0 Å². The first-order chi connectivity index (χ1) is 19.9. The number of amides is 3. The number of likely N-dealkylation sites (tertiary alicyclic amines) is 1. The zero-order valence-corrected chi connectivity index (χ0v) is 23.2. The van der Waals surface area contributed by atoms with E-state index in [0.29, 0.717) is 22.2 Å². The van der Waals surface area contributed by atoms with Gasteiger partial charge in [-0.1, -0.05) is 61.2 Å². The number of ether oxygens (including phenoxy) is 3. The maximum absolute atomic E-state index is 14.3. The van der Waals surface area contributed by atoms with Crippen LogP contribution in [0.25, 0.3) is 0 Å². The number of rotatable bonds is 6. The smallest absolute Gasteiger partial charge is 0.246 e. The Bertz CT molecular complexity index is 1410. The van der Waals surface area contributed by atoms with Crippen molar-refractivity contribution in [3.63, 3.8) is 0 Å². The molecule has 6 atom stereocenters. The highest BCUT2D eigenvalue weighted by Crippen LogP contribution is 2.55. The van der Waals surface area contributed by atoms with Crippen molar-refractivity contribution in [2.75, 3.05) is 18.5 Å². The molecule has 1 spiro atoms. The Morgan fingerprint density at radius 3 is 2.63 bits per heavy atom. The van der Waals surface area contributed by atoms with Crippen molar-refractivity contribution in [3.05, 3.63) is 65.7 Å². The van der Waals surface area contributed by atoms with Crippen LogP contribution in [-0.4, -0.2) is 65.7 Å². The summed E-state index contributed by atoms with van der Waals surface area (Å²) in [6, 6.07) is 13.3. The third-order valence-corrected chi connectivity index (χ3v) is 9.17. The van der Waals surface area contributed by atoms with Crippen LogP contribution < -0.4 is 20.1 Å². The summed E-state index contributed by atoms with van der Waals surface area (Å²) in [5.74, 6) is -1.32. The van der Waals surface area contributed by atoms with Gasteiger partial charge in [-0.3, -0.25) is 14.4 Å². The van der Waals surface area contributed by atoms with Gasteiger partial charge >= 0.3 is 0 Å². The fourth-order valence-electron chi connectivity index (χ4n) is 7.16. The second-order valence-electron chi connectivity index (χ2n) is 11.5. The first-order valence-corrected chi connectivity index (χ1v) is 14.7. The Labute approximate surface area is 243 Å². The van der Waals surface area contributed by atoms with Gasteiger partial charge in [-0.15, -0.1) is 0 Å². The summed E-state index contributed by atoms with van der Waals surface area (Å²) in [4.78, 5) is 43.5. The van der Waals surface area contributed by atoms with Crippen molar-refractivity contribution in [1.82, 2.24) is 10.2 Å². The molecule has 9 nitrogen and oxygen atoms in total. The molecule has 4 aliphatic heterocycles. The van der Waals surface area contributed by atoms with Crippen LogP contribution in [0.15, 0.2) is 60.7 Å². The van der Waals surface area contributed by atoms with Crippen molar-refractivity contribution < 1.29 is 28.6 Å². The number of anilines is 1. The summed E-state index contributed by atoms with van der Waals surface area (Å²) in [6.45, 7) is 0.353. The molecule has 2 aromatic carbocycles. The third kappa shape index (κ3) is 4.55. The van der Waals surface area contributed by atoms with Gasteiger partial charge in [-0.2, -0.15) is 0 Å². The Hall–Kier alpha value is -3.56. The zero-order valence-electron chi connectivity index (χ0n) is 22.5. The van der Waals surface area contributed by atoms with Gasteiger partial charge in [0.05, 0.1) is 24.5 Å². The molecule has 10 heteroatoms. The minimum atomic E-state index is -1.25. The highest BCUT2D eigenvalue weighted by atomic mass is 35.5. The lowest BCUT2D eigenvalue weighted by atomic mass is 9.74. The topological polar surface area (TPSA) is 106 Å². The summed E-state index contributed by atoms with van der Waals surface area (Å²) in [5.41, 5.74) is -0.715. The largest absolute Gasteiger partial charge is 0.486 e. The first-order valence-electron chi connectivity index (χ1n) is 14.4. The van der Waals surface area contributed by atoms with Gasteiger partial charge in [0.15, 0.2) is 17.6 Å². The summed E-state index contributed by atoms with van der Waals surface area (Å²) in [7, 11) is 0. The van der Waals surface area contributed by atoms with Crippen molar-refractivity contribution in [2.45, 2.75) is 62.0 Å². The Balaban J connectivity index is 1.19. The van der Waals surface area contributed by atoms with Crippen LogP contribution >= 0.6 is 11.6 Å². The lowest BCUT2D eigenvalue weighted by molar-refractivity contribution is -0.143. The zero-order chi connectivity index (χ0) is 28.1. The van der Waals surface area contributed by atoms with Crippen LogP contribution in [0.4, 0.5) is 5.69 Å². The van der Waals surface area contributed by atoms with E-state index in [2.05, 4.69) is 10.6 Å². The van der Waals surface area contributed by atoms with E-state index < -0.39 is 35.7 Å². The van der Waals surface area contributed by atoms with Crippen LogP contribution in [0, 0.1) is 11.8 Å². The van der Waals surface area contributed by atoms with Gasteiger partial charge in [0.1, 0.15) is 18.2 Å². The number of halogens is 1. The van der Waals surface area contributed by atoms with E-state index in [1.807, 2.05) is 36.4 Å². The van der Waals surface area contributed by atoms with Gasteiger partial charge in [-0.25, -0.2) is 0 Å². The fraction of sp³-hybridized carbons (Fsp3) is 0.452. The molecule has 2 bridgehead atoms. The standard InChI is InChI=1S/C31H32ClN3O6/c32-18-7-6-10-20(15-18)34-28(36)25-24-13-14-31(41-24)26(25)30(38)35(27(31)29(37)33-19-8-2-1-3-9-19)16-21-17-39-22-11-4-5-12-23(22)40-21/h4-7,10-15,19,21,24-27H,1-3,8-9,16-17H2,(H,33,37)(H,34,36)/t21?,24-,25?,26-,27?,31?/m1/s1. The highest BCUT2D eigenvalue weighted by molar-refractivity contribution is 6.30. The molecule has 214 valence electrons. The number of benzene rings is 2. The number of hydrogen-bond acceptors (Lipinski definition) is 6. The monoisotopic (exact) mass is 577 g/mol. The minimum Gasteiger partial charge on any atom is -0.486 e. The molecule has 4 unspecified atom stereocenters. The van der Waals surface area contributed by atoms with Crippen molar-refractivity contribution in [2.24, 2.45) is 11.8 Å². The molecule has 2 N–H and O–H groups in total. The maximum atomic E-state index is 14.3. The molecule has 5 aliphatic rings. The Morgan fingerprint density at radius 2 is 1.83 bits per heavy atom. The molecule has 41 heavy (non-hydrogen) atoms. The van der Waals surface area contributed by atoms with Gasteiger partial charge in [0, 0.05) is 16.8 Å². The molecule has 3 fully saturated rings. The predicted octanol–water partition coefficient (Wildman–Crippen LogP) is 3.72. The number of nitrogens with one attached hydrogen (secondary N) is 2. The summed E-state index contributed by atoms with van der Waals surface area (Å²) in [5, 5.41) is 6.60. The molecule has 1 aliphatic carbocycles. The number of hydrogen-bond donors (Lipinski definition) is 2. The number of para-hydroxylation sites is 2. The van der Waals surface area contributed by atoms with Gasteiger partial charge in [0.2, 0.25) is 17.7 Å². The van der Waals surface area contributed by atoms with E-state index in [4.69, 9.17) is 25.8 Å². The van der Waals surface area contributed by atoms with Crippen LogP contribution in [-0.2, 0) is 19.1 Å². The summed E-state index contributed by atoms with van der Waals surface area (Å²) in [6.07, 6.45) is 7.61. The van der Waals surface area contributed by atoms with E-state index in [9.17, 15) is 14.4 Å². The number of nitrogens with zero attached hydrogens (tertiary/aromatic N) is 1.